The van der Waals surface area contributed by atoms with Crippen LogP contribution < -0.4 is 11.1 Å². The largest absolute Gasteiger partial charge is 0.329 e. The molecule has 0 spiro atoms. The normalized spacial score (nSPS) is 26.5. The lowest BCUT2D eigenvalue weighted by molar-refractivity contribution is 0.190. The topological polar surface area (TPSA) is 41.3 Å². The van der Waals surface area contributed by atoms with Crippen LogP contribution in [0.25, 0.3) is 0 Å². The fraction of sp³-hybridized carbons (Fsp3) is 1.00. The van der Waals surface area contributed by atoms with E-state index in [9.17, 15) is 0 Å². The summed E-state index contributed by atoms with van der Waals surface area (Å²) < 4.78 is 0. The van der Waals surface area contributed by atoms with E-state index in [1.165, 1.54) is 38.8 Å². The second kappa shape index (κ2) is 4.40. The summed E-state index contributed by atoms with van der Waals surface area (Å²) in [5.41, 5.74) is 5.46. The van der Waals surface area contributed by atoms with Gasteiger partial charge in [0.1, 0.15) is 0 Å². The Labute approximate surface area is 80.7 Å². The van der Waals surface area contributed by atoms with Gasteiger partial charge in [0.25, 0.3) is 0 Å². The molecule has 13 heavy (non-hydrogen) atoms. The first-order valence-corrected chi connectivity index (χ1v) is 5.57. The Morgan fingerprint density at radius 2 is 1.85 bits per heavy atom. The molecule has 0 aromatic rings. The molecule has 1 saturated heterocycles. The number of rotatable bonds is 4. The highest BCUT2D eigenvalue weighted by Gasteiger charge is 2.31. The van der Waals surface area contributed by atoms with Gasteiger partial charge < -0.3 is 16.0 Å². The molecule has 0 bridgehead atoms. The van der Waals surface area contributed by atoms with Gasteiger partial charge in [-0.15, -0.1) is 0 Å². The van der Waals surface area contributed by atoms with Crippen molar-refractivity contribution in [1.29, 1.82) is 0 Å². The number of piperidine rings is 1. The molecule has 0 radical (unpaired) electrons. The van der Waals surface area contributed by atoms with Gasteiger partial charge in [-0.3, -0.25) is 0 Å². The van der Waals surface area contributed by atoms with Crippen LogP contribution in [0.4, 0.5) is 0 Å². The van der Waals surface area contributed by atoms with Crippen LogP contribution in [0.15, 0.2) is 0 Å². The average Bonchev–Trinajstić information content (AvgIpc) is 2.99. The summed E-state index contributed by atoms with van der Waals surface area (Å²) in [7, 11) is 0. The van der Waals surface area contributed by atoms with E-state index < -0.39 is 0 Å². The maximum atomic E-state index is 5.46. The Bertz CT molecular complexity index is 148. The van der Waals surface area contributed by atoms with E-state index >= 15 is 0 Å². The molecule has 3 heteroatoms. The van der Waals surface area contributed by atoms with Crippen molar-refractivity contribution >= 4 is 0 Å². The molecule has 2 fully saturated rings. The third-order valence-corrected chi connectivity index (χ3v) is 3.17. The molecule has 0 atom stereocenters. The molecule has 0 aromatic heterocycles. The van der Waals surface area contributed by atoms with Crippen LogP contribution in [-0.4, -0.2) is 43.2 Å². The molecule has 0 amide bonds. The predicted molar refractivity (Wildman–Crippen MR) is 54.7 cm³/mol. The summed E-state index contributed by atoms with van der Waals surface area (Å²) in [5, 5.41) is 3.50. The van der Waals surface area contributed by atoms with Gasteiger partial charge in [-0.2, -0.15) is 0 Å². The Balaban J connectivity index is 1.63. The number of nitrogens with two attached hydrogens (primary N) is 1. The van der Waals surface area contributed by atoms with Gasteiger partial charge in [0.05, 0.1) is 0 Å². The van der Waals surface area contributed by atoms with Crippen molar-refractivity contribution in [2.45, 2.75) is 37.8 Å². The van der Waals surface area contributed by atoms with Crippen molar-refractivity contribution in [3.63, 3.8) is 0 Å². The number of nitrogens with one attached hydrogen (secondary N) is 1. The minimum absolute atomic E-state index is 0.735. The fourth-order valence-corrected chi connectivity index (χ4v) is 2.20. The van der Waals surface area contributed by atoms with Crippen LogP contribution in [-0.2, 0) is 0 Å². The minimum Gasteiger partial charge on any atom is -0.329 e. The zero-order valence-electron chi connectivity index (χ0n) is 8.34. The van der Waals surface area contributed by atoms with Gasteiger partial charge in [-0.05, 0) is 38.8 Å². The van der Waals surface area contributed by atoms with Crippen LogP contribution in [0.3, 0.4) is 0 Å². The Kier molecular flexibility index (Phi) is 3.19. The van der Waals surface area contributed by atoms with Gasteiger partial charge in [0, 0.05) is 25.2 Å². The van der Waals surface area contributed by atoms with Crippen molar-refractivity contribution in [2.24, 2.45) is 5.73 Å². The highest BCUT2D eigenvalue weighted by molar-refractivity contribution is 4.88. The monoisotopic (exact) mass is 183 g/mol. The van der Waals surface area contributed by atoms with Gasteiger partial charge in [-0.25, -0.2) is 0 Å². The Morgan fingerprint density at radius 3 is 2.38 bits per heavy atom. The lowest BCUT2D eigenvalue weighted by Crippen LogP contribution is -2.44. The SMILES string of the molecule is NCCNC1CCN(C2CC2)CC1. The standard InChI is InChI=1S/C10H21N3/c11-5-6-12-9-3-7-13(8-4-9)10-1-2-10/h9-10,12H,1-8,11H2. The van der Waals surface area contributed by atoms with Crippen LogP contribution >= 0.6 is 0 Å². The maximum absolute atomic E-state index is 5.46. The van der Waals surface area contributed by atoms with E-state index in [0.29, 0.717) is 0 Å². The quantitative estimate of drug-likeness (QED) is 0.652. The molecule has 1 aliphatic carbocycles. The number of nitrogens with zero attached hydrogens (tertiary/aromatic N) is 1. The number of likely N-dealkylation sites (tertiary alicyclic amines) is 1. The summed E-state index contributed by atoms with van der Waals surface area (Å²) in [6, 6.07) is 1.69. The van der Waals surface area contributed by atoms with Gasteiger partial charge >= 0.3 is 0 Å². The van der Waals surface area contributed by atoms with Crippen LogP contribution in [0.2, 0.25) is 0 Å². The average molecular weight is 183 g/mol. The zero-order chi connectivity index (χ0) is 9.10. The zero-order valence-corrected chi connectivity index (χ0v) is 8.34. The van der Waals surface area contributed by atoms with E-state index in [2.05, 4.69) is 10.2 Å². The van der Waals surface area contributed by atoms with Crippen LogP contribution in [0.5, 0.6) is 0 Å². The summed E-state index contributed by atoms with van der Waals surface area (Å²) in [5.74, 6) is 0. The molecule has 0 aromatic carbocycles. The van der Waals surface area contributed by atoms with Crippen molar-refractivity contribution in [1.82, 2.24) is 10.2 Å². The molecular formula is C10H21N3. The Morgan fingerprint density at radius 1 is 1.15 bits per heavy atom. The lowest BCUT2D eigenvalue weighted by atomic mass is 10.1. The molecule has 2 rings (SSSR count). The highest BCUT2D eigenvalue weighted by atomic mass is 15.2. The molecule has 1 heterocycles. The summed E-state index contributed by atoms with van der Waals surface area (Å²) in [4.78, 5) is 2.65. The maximum Gasteiger partial charge on any atom is 0.00964 e. The van der Waals surface area contributed by atoms with E-state index in [1.807, 2.05) is 0 Å². The molecule has 3 nitrogen and oxygen atoms in total. The smallest absolute Gasteiger partial charge is 0.00964 e. The summed E-state index contributed by atoms with van der Waals surface area (Å²) in [6.45, 7) is 4.34. The van der Waals surface area contributed by atoms with Crippen LogP contribution in [0.1, 0.15) is 25.7 Å². The first kappa shape index (κ1) is 9.44. The molecule has 76 valence electrons. The molecule has 1 aliphatic heterocycles. The predicted octanol–water partition coefficient (Wildman–Crippen LogP) is 0.162. The van der Waals surface area contributed by atoms with Crippen molar-refractivity contribution in [3.05, 3.63) is 0 Å². The van der Waals surface area contributed by atoms with Crippen LogP contribution in [0, 0.1) is 0 Å². The van der Waals surface area contributed by atoms with E-state index in [4.69, 9.17) is 5.73 Å². The third-order valence-electron chi connectivity index (χ3n) is 3.17. The third kappa shape index (κ3) is 2.66. The molecule has 2 aliphatic rings. The van der Waals surface area contributed by atoms with E-state index in [1.54, 1.807) is 0 Å². The molecular weight excluding hydrogens is 162 g/mol. The summed E-state index contributed by atoms with van der Waals surface area (Å²) >= 11 is 0. The fourth-order valence-electron chi connectivity index (χ4n) is 2.20. The molecule has 0 unspecified atom stereocenters. The minimum atomic E-state index is 0.735. The molecule has 3 N–H and O–H groups in total. The van der Waals surface area contributed by atoms with Gasteiger partial charge in [0.15, 0.2) is 0 Å². The second-order valence-corrected chi connectivity index (χ2v) is 4.28. The van der Waals surface area contributed by atoms with Crippen molar-refractivity contribution < 1.29 is 0 Å². The first-order chi connectivity index (χ1) is 6.40. The highest BCUT2D eigenvalue weighted by Crippen LogP contribution is 2.29. The van der Waals surface area contributed by atoms with Crippen molar-refractivity contribution in [3.8, 4) is 0 Å². The second-order valence-electron chi connectivity index (χ2n) is 4.28. The van der Waals surface area contributed by atoms with Gasteiger partial charge in [0.2, 0.25) is 0 Å². The molecule has 1 saturated carbocycles. The number of hydrogen-bond acceptors (Lipinski definition) is 3. The Hall–Kier alpha value is -0.120. The first-order valence-electron chi connectivity index (χ1n) is 5.57. The van der Waals surface area contributed by atoms with E-state index in [0.717, 1.165) is 25.2 Å². The number of hydrogen-bond donors (Lipinski definition) is 2. The van der Waals surface area contributed by atoms with Crippen molar-refractivity contribution in [2.75, 3.05) is 26.2 Å². The van der Waals surface area contributed by atoms with Gasteiger partial charge in [-0.1, -0.05) is 0 Å². The lowest BCUT2D eigenvalue weighted by Gasteiger charge is -2.32. The summed E-state index contributed by atoms with van der Waals surface area (Å²) in [6.07, 6.45) is 5.52. The van der Waals surface area contributed by atoms with E-state index in [-0.39, 0.29) is 0 Å².